The number of benzene rings is 2. The van der Waals surface area contributed by atoms with Gasteiger partial charge < -0.3 is 0 Å². The number of hydrogen-bond acceptors (Lipinski definition) is 6. The molecule has 2 atom stereocenters. The molecule has 0 fully saturated rings. The van der Waals surface area contributed by atoms with Crippen LogP contribution in [0.5, 0.6) is 0 Å². The topological polar surface area (TPSA) is 101 Å². The largest absolute Gasteiger partial charge is 0.299 e. The Bertz CT molecular complexity index is 1150. The van der Waals surface area contributed by atoms with Crippen LogP contribution in [0.3, 0.4) is 0 Å². The Morgan fingerprint density at radius 3 is 2.39 bits per heavy atom. The zero-order valence-corrected chi connectivity index (χ0v) is 19.9. The molecule has 0 unspecified atom stereocenters. The average molecular weight is 527 g/mol. The van der Waals surface area contributed by atoms with Gasteiger partial charge in [-0.15, -0.1) is 10.2 Å². The van der Waals surface area contributed by atoms with E-state index in [0.29, 0.717) is 11.4 Å². The van der Waals surface area contributed by atoms with Crippen LogP contribution in [0.15, 0.2) is 57.9 Å². The summed E-state index contributed by atoms with van der Waals surface area (Å²) in [4.78, 5) is 12.8. The van der Waals surface area contributed by atoms with E-state index in [-0.39, 0.29) is 15.9 Å². The summed E-state index contributed by atoms with van der Waals surface area (Å²) in [6, 6.07) is 10.9. The Hall–Kier alpha value is -2.21. The summed E-state index contributed by atoms with van der Waals surface area (Å²) < 4.78 is 41.9. The predicted molar refractivity (Wildman–Crippen MR) is 122 cm³/mol. The number of aromatic nitrogens is 2. The van der Waals surface area contributed by atoms with Gasteiger partial charge >= 0.3 is 0 Å². The van der Waals surface area contributed by atoms with Crippen molar-refractivity contribution in [2.24, 2.45) is 5.92 Å². The van der Waals surface area contributed by atoms with Crippen LogP contribution in [-0.4, -0.2) is 30.6 Å². The first-order valence-corrected chi connectivity index (χ1v) is 12.5. The molecule has 11 heteroatoms. The predicted octanol–water partition coefficient (Wildman–Crippen LogP) is 4.44. The first-order valence-electron chi connectivity index (χ1n) is 9.38. The van der Waals surface area contributed by atoms with Crippen molar-refractivity contribution in [2.45, 2.75) is 31.2 Å². The molecule has 0 aliphatic heterocycles. The van der Waals surface area contributed by atoms with Crippen molar-refractivity contribution < 1.29 is 17.6 Å². The van der Waals surface area contributed by atoms with Gasteiger partial charge in [-0.3, -0.25) is 10.1 Å². The Labute approximate surface area is 192 Å². The maximum absolute atomic E-state index is 13.1. The quantitative estimate of drug-likeness (QED) is 0.451. The third-order valence-corrected chi connectivity index (χ3v) is 7.52. The molecule has 31 heavy (non-hydrogen) atoms. The molecule has 1 aromatic heterocycles. The lowest BCUT2D eigenvalue weighted by molar-refractivity contribution is -0.118. The highest BCUT2D eigenvalue weighted by atomic mass is 79.9. The minimum Gasteiger partial charge on any atom is -0.299 e. The molecule has 0 saturated heterocycles. The van der Waals surface area contributed by atoms with Gasteiger partial charge in [0.25, 0.3) is 0 Å². The van der Waals surface area contributed by atoms with Gasteiger partial charge in [0.05, 0.1) is 4.90 Å². The van der Waals surface area contributed by atoms with Crippen LogP contribution in [0.1, 0.15) is 20.3 Å². The Balaban J connectivity index is 1.77. The van der Waals surface area contributed by atoms with Crippen LogP contribution in [0.4, 0.5) is 9.52 Å². The number of halogens is 2. The number of nitrogens with one attached hydrogen (secondary N) is 2. The van der Waals surface area contributed by atoms with Crippen LogP contribution in [0, 0.1) is 11.7 Å². The lowest BCUT2D eigenvalue weighted by atomic mass is 9.99. The van der Waals surface area contributed by atoms with E-state index in [0.717, 1.165) is 34.3 Å². The fraction of sp³-hybridized carbons (Fsp3) is 0.250. The Morgan fingerprint density at radius 2 is 1.77 bits per heavy atom. The lowest BCUT2D eigenvalue weighted by Gasteiger charge is -2.22. The third-order valence-electron chi connectivity index (χ3n) is 4.65. The van der Waals surface area contributed by atoms with E-state index in [1.54, 1.807) is 6.92 Å². The molecule has 7 nitrogen and oxygen atoms in total. The highest BCUT2D eigenvalue weighted by Crippen LogP contribution is 2.28. The minimum atomic E-state index is -4.03. The summed E-state index contributed by atoms with van der Waals surface area (Å²) in [6.45, 7) is 3.62. The molecule has 0 aliphatic rings. The van der Waals surface area contributed by atoms with E-state index < -0.39 is 27.8 Å². The first kappa shape index (κ1) is 23.5. The highest BCUT2D eigenvalue weighted by Gasteiger charge is 2.30. The number of carbonyl (C=O) groups is 1. The second-order valence-electron chi connectivity index (χ2n) is 6.85. The number of rotatable bonds is 8. The van der Waals surface area contributed by atoms with Crippen molar-refractivity contribution >= 4 is 48.3 Å². The van der Waals surface area contributed by atoms with Crippen LogP contribution >= 0.6 is 27.3 Å². The Morgan fingerprint density at radius 1 is 1.13 bits per heavy atom. The smallest absolute Gasteiger partial charge is 0.244 e. The summed E-state index contributed by atoms with van der Waals surface area (Å²) in [7, 11) is -4.03. The fourth-order valence-corrected chi connectivity index (χ4v) is 5.00. The van der Waals surface area contributed by atoms with Gasteiger partial charge in [-0.05, 0) is 42.3 Å². The van der Waals surface area contributed by atoms with Gasteiger partial charge in [0.1, 0.15) is 16.9 Å². The summed E-state index contributed by atoms with van der Waals surface area (Å²) in [6.07, 6.45) is 0.560. The number of carbonyl (C=O) groups excluding carboxylic acids is 1. The Kier molecular flexibility index (Phi) is 7.52. The summed E-state index contributed by atoms with van der Waals surface area (Å²) in [5.41, 5.74) is 0.844. The maximum Gasteiger partial charge on any atom is 0.244 e. The van der Waals surface area contributed by atoms with Crippen molar-refractivity contribution in [3.8, 4) is 10.6 Å². The zero-order chi connectivity index (χ0) is 22.6. The molecular weight excluding hydrogens is 507 g/mol. The molecule has 0 aliphatic carbocycles. The third kappa shape index (κ3) is 5.94. The highest BCUT2D eigenvalue weighted by molar-refractivity contribution is 9.10. The molecule has 0 radical (unpaired) electrons. The maximum atomic E-state index is 13.1. The van der Waals surface area contributed by atoms with E-state index in [9.17, 15) is 17.6 Å². The molecule has 3 aromatic rings. The molecule has 0 spiro atoms. The first-order chi connectivity index (χ1) is 14.7. The second kappa shape index (κ2) is 9.94. The number of anilines is 1. The molecule has 164 valence electrons. The number of sulfonamides is 1. The summed E-state index contributed by atoms with van der Waals surface area (Å²) in [5.74, 6) is -1.39. The van der Waals surface area contributed by atoms with E-state index >= 15 is 0 Å². The SMILES string of the molecule is CC[C@@H](C)[C@@H](NS(=O)(=O)c1ccc(F)cc1)C(=O)Nc1nnc(-c2ccc(Br)cc2)s1. The van der Waals surface area contributed by atoms with Gasteiger partial charge in [0, 0.05) is 10.0 Å². The van der Waals surface area contributed by atoms with Crippen molar-refractivity contribution in [3.05, 3.63) is 58.8 Å². The lowest BCUT2D eigenvalue weighted by Crippen LogP contribution is -2.47. The summed E-state index contributed by atoms with van der Waals surface area (Å²) in [5, 5.41) is 11.6. The van der Waals surface area contributed by atoms with Crippen LogP contribution in [0.25, 0.3) is 10.6 Å². The van der Waals surface area contributed by atoms with Gasteiger partial charge in [-0.25, -0.2) is 12.8 Å². The van der Waals surface area contributed by atoms with Crippen molar-refractivity contribution in [3.63, 3.8) is 0 Å². The summed E-state index contributed by atoms with van der Waals surface area (Å²) >= 11 is 4.56. The molecule has 0 saturated carbocycles. The van der Waals surface area contributed by atoms with Crippen LogP contribution < -0.4 is 10.0 Å². The molecule has 0 bridgehead atoms. The minimum absolute atomic E-state index is 0.122. The number of amides is 1. The molecule has 1 heterocycles. The second-order valence-corrected chi connectivity index (χ2v) is 10.5. The molecule has 1 amide bonds. The molecular formula is C20H20BrFN4O3S2. The monoisotopic (exact) mass is 526 g/mol. The van der Waals surface area contributed by atoms with E-state index in [2.05, 4.69) is 36.2 Å². The standard InChI is InChI=1S/C20H20BrFN4O3S2/c1-3-12(2)17(26-31(28,29)16-10-8-15(22)9-11-16)18(27)23-20-25-24-19(30-20)13-4-6-14(21)7-5-13/h4-12,17,26H,3H2,1-2H3,(H,23,25,27)/t12-,17-/m1/s1. The van der Waals surface area contributed by atoms with Gasteiger partial charge in [-0.1, -0.05) is 59.7 Å². The normalized spacial score (nSPS) is 13.5. The van der Waals surface area contributed by atoms with E-state index in [1.165, 1.54) is 11.3 Å². The average Bonchev–Trinajstić information content (AvgIpc) is 3.20. The van der Waals surface area contributed by atoms with E-state index in [4.69, 9.17) is 0 Å². The number of hydrogen-bond donors (Lipinski definition) is 2. The number of nitrogens with zero attached hydrogens (tertiary/aromatic N) is 2. The zero-order valence-electron chi connectivity index (χ0n) is 16.7. The molecule has 3 rings (SSSR count). The van der Waals surface area contributed by atoms with Gasteiger partial charge in [0.2, 0.25) is 21.1 Å². The van der Waals surface area contributed by atoms with Crippen LogP contribution in [0.2, 0.25) is 0 Å². The molecule has 2 N–H and O–H groups in total. The van der Waals surface area contributed by atoms with Crippen molar-refractivity contribution in [1.82, 2.24) is 14.9 Å². The fourth-order valence-electron chi connectivity index (χ4n) is 2.68. The molecule has 2 aromatic carbocycles. The van der Waals surface area contributed by atoms with E-state index in [1.807, 2.05) is 31.2 Å². The van der Waals surface area contributed by atoms with Gasteiger partial charge in [0.15, 0.2) is 0 Å². The van der Waals surface area contributed by atoms with Crippen molar-refractivity contribution in [2.75, 3.05) is 5.32 Å². The van der Waals surface area contributed by atoms with Crippen molar-refractivity contribution in [1.29, 1.82) is 0 Å². The van der Waals surface area contributed by atoms with Crippen LogP contribution in [-0.2, 0) is 14.8 Å². The van der Waals surface area contributed by atoms with Gasteiger partial charge in [-0.2, -0.15) is 4.72 Å².